The maximum Gasteiger partial charge on any atom is 0.223 e. The Morgan fingerprint density at radius 2 is 2.11 bits per heavy atom. The summed E-state index contributed by atoms with van der Waals surface area (Å²) in [6.07, 6.45) is 0.335. The molecule has 0 aliphatic heterocycles. The Kier molecular flexibility index (Phi) is 7.44. The summed E-state index contributed by atoms with van der Waals surface area (Å²) < 4.78 is 10.4. The summed E-state index contributed by atoms with van der Waals surface area (Å²) in [5.74, 6) is 0.742. The standard InChI is InChI=1S/C13H18BrNO3/c1-17-10-11(9-14)15-13(16)7-8-18-12-5-3-2-4-6-12/h2-6,11H,7-10H2,1H3,(H,15,16). The van der Waals surface area contributed by atoms with Crippen molar-refractivity contribution in [1.82, 2.24) is 5.32 Å². The van der Waals surface area contributed by atoms with Crippen molar-refractivity contribution in [2.24, 2.45) is 0 Å². The molecule has 1 amide bonds. The Morgan fingerprint density at radius 3 is 2.72 bits per heavy atom. The second-order valence-corrected chi connectivity index (χ2v) is 4.43. The van der Waals surface area contributed by atoms with Crippen molar-refractivity contribution in [3.63, 3.8) is 0 Å². The van der Waals surface area contributed by atoms with Gasteiger partial charge in [0.2, 0.25) is 5.91 Å². The number of hydrogen-bond donors (Lipinski definition) is 1. The molecule has 0 spiro atoms. The molecule has 1 unspecified atom stereocenters. The predicted molar refractivity (Wildman–Crippen MR) is 74.2 cm³/mol. The number of halogens is 1. The lowest BCUT2D eigenvalue weighted by Gasteiger charge is -2.15. The topological polar surface area (TPSA) is 47.6 Å². The normalized spacial score (nSPS) is 11.9. The number of benzene rings is 1. The third-order valence-corrected chi connectivity index (χ3v) is 3.04. The van der Waals surface area contributed by atoms with Crippen LogP contribution in [0, 0.1) is 0 Å². The fourth-order valence-electron chi connectivity index (χ4n) is 1.40. The van der Waals surface area contributed by atoms with Gasteiger partial charge in [0.1, 0.15) is 5.75 Å². The molecule has 0 saturated heterocycles. The van der Waals surface area contributed by atoms with Gasteiger partial charge in [0.25, 0.3) is 0 Å². The van der Waals surface area contributed by atoms with Crippen LogP contribution in [0.3, 0.4) is 0 Å². The van der Waals surface area contributed by atoms with Crippen LogP contribution in [0.5, 0.6) is 5.75 Å². The molecule has 0 radical (unpaired) electrons. The number of rotatable bonds is 8. The lowest BCUT2D eigenvalue weighted by atomic mass is 10.3. The molecule has 1 rings (SSSR count). The van der Waals surface area contributed by atoms with Crippen LogP contribution in [0.25, 0.3) is 0 Å². The van der Waals surface area contributed by atoms with Gasteiger partial charge < -0.3 is 14.8 Å². The zero-order valence-electron chi connectivity index (χ0n) is 10.4. The smallest absolute Gasteiger partial charge is 0.223 e. The summed E-state index contributed by atoms with van der Waals surface area (Å²) in [6.45, 7) is 0.869. The SMILES string of the molecule is COCC(CBr)NC(=O)CCOc1ccccc1. The maximum atomic E-state index is 11.6. The third-order valence-electron chi connectivity index (χ3n) is 2.26. The Labute approximate surface area is 116 Å². The van der Waals surface area contributed by atoms with Crippen molar-refractivity contribution in [2.75, 3.05) is 25.7 Å². The number of alkyl halides is 1. The molecule has 0 bridgehead atoms. The maximum absolute atomic E-state index is 11.6. The molecule has 0 fully saturated rings. The average Bonchev–Trinajstić information content (AvgIpc) is 2.39. The average molecular weight is 316 g/mol. The van der Waals surface area contributed by atoms with Gasteiger partial charge in [-0.05, 0) is 12.1 Å². The van der Waals surface area contributed by atoms with Crippen LogP contribution in [-0.2, 0) is 9.53 Å². The van der Waals surface area contributed by atoms with Gasteiger partial charge >= 0.3 is 0 Å². The van der Waals surface area contributed by atoms with Crippen LogP contribution in [0.2, 0.25) is 0 Å². The van der Waals surface area contributed by atoms with E-state index < -0.39 is 0 Å². The minimum atomic E-state index is -0.0348. The molecule has 0 aliphatic carbocycles. The molecule has 0 aromatic heterocycles. The zero-order chi connectivity index (χ0) is 13.2. The summed E-state index contributed by atoms with van der Waals surface area (Å²) in [5.41, 5.74) is 0. The molecule has 18 heavy (non-hydrogen) atoms. The van der Waals surface area contributed by atoms with Crippen LogP contribution in [0.15, 0.2) is 30.3 Å². The van der Waals surface area contributed by atoms with Crippen molar-refractivity contribution in [1.29, 1.82) is 0 Å². The fourth-order valence-corrected chi connectivity index (χ4v) is 1.75. The molecule has 1 N–H and O–H groups in total. The summed E-state index contributed by atoms with van der Waals surface area (Å²) in [6, 6.07) is 9.45. The largest absolute Gasteiger partial charge is 0.493 e. The monoisotopic (exact) mass is 315 g/mol. The molecule has 0 heterocycles. The molecule has 1 atom stereocenters. The Hall–Kier alpha value is -1.07. The minimum absolute atomic E-state index is 0.000717. The van der Waals surface area contributed by atoms with Crippen molar-refractivity contribution in [3.8, 4) is 5.75 Å². The van der Waals surface area contributed by atoms with E-state index in [0.29, 0.717) is 25.0 Å². The van der Waals surface area contributed by atoms with Gasteiger partial charge in [-0.2, -0.15) is 0 Å². The zero-order valence-corrected chi connectivity index (χ0v) is 12.0. The number of hydrogen-bond acceptors (Lipinski definition) is 3. The highest BCUT2D eigenvalue weighted by Crippen LogP contribution is 2.08. The van der Waals surface area contributed by atoms with Gasteiger partial charge in [0.15, 0.2) is 0 Å². The van der Waals surface area contributed by atoms with Gasteiger partial charge in [0, 0.05) is 12.4 Å². The molecule has 1 aromatic rings. The number of methoxy groups -OCH3 is 1. The Balaban J connectivity index is 2.20. The number of carbonyl (C=O) groups excluding carboxylic acids is 1. The second-order valence-electron chi connectivity index (χ2n) is 3.79. The number of para-hydroxylation sites is 1. The number of ether oxygens (including phenoxy) is 2. The van der Waals surface area contributed by atoms with Crippen molar-refractivity contribution in [3.05, 3.63) is 30.3 Å². The molecule has 5 heteroatoms. The summed E-state index contributed by atoms with van der Waals surface area (Å²) in [4.78, 5) is 11.6. The molecule has 1 aromatic carbocycles. The first-order valence-electron chi connectivity index (χ1n) is 5.78. The van der Waals surface area contributed by atoms with Crippen LogP contribution < -0.4 is 10.1 Å². The molecule has 0 aliphatic rings. The lowest BCUT2D eigenvalue weighted by Crippen LogP contribution is -2.39. The van der Waals surface area contributed by atoms with Gasteiger partial charge in [-0.3, -0.25) is 4.79 Å². The van der Waals surface area contributed by atoms with E-state index in [4.69, 9.17) is 9.47 Å². The highest BCUT2D eigenvalue weighted by atomic mass is 79.9. The molecule has 100 valence electrons. The quantitative estimate of drug-likeness (QED) is 0.746. The van der Waals surface area contributed by atoms with Gasteiger partial charge in [-0.25, -0.2) is 0 Å². The highest BCUT2D eigenvalue weighted by molar-refractivity contribution is 9.09. The first-order chi connectivity index (χ1) is 8.76. The first kappa shape index (κ1) is 15.0. The Morgan fingerprint density at radius 1 is 1.39 bits per heavy atom. The Bertz CT molecular complexity index is 345. The van der Waals surface area contributed by atoms with Crippen LogP contribution in [0.1, 0.15) is 6.42 Å². The number of carbonyl (C=O) groups is 1. The van der Waals surface area contributed by atoms with Gasteiger partial charge in [0.05, 0.1) is 25.7 Å². The second kappa shape index (κ2) is 8.94. The van der Waals surface area contributed by atoms with E-state index in [9.17, 15) is 4.79 Å². The molecule has 0 saturated carbocycles. The summed E-state index contributed by atoms with van der Waals surface area (Å²) >= 11 is 3.32. The first-order valence-corrected chi connectivity index (χ1v) is 6.90. The van der Waals surface area contributed by atoms with Crippen LogP contribution >= 0.6 is 15.9 Å². The van der Waals surface area contributed by atoms with E-state index in [-0.39, 0.29) is 11.9 Å². The van der Waals surface area contributed by atoms with Gasteiger partial charge in [-0.1, -0.05) is 34.1 Å². The van der Waals surface area contributed by atoms with E-state index in [1.165, 1.54) is 0 Å². The summed E-state index contributed by atoms with van der Waals surface area (Å²) in [7, 11) is 1.61. The van der Waals surface area contributed by atoms with E-state index in [0.717, 1.165) is 5.75 Å². The predicted octanol–water partition coefficient (Wildman–Crippen LogP) is 1.98. The molecule has 4 nitrogen and oxygen atoms in total. The van der Waals surface area contributed by atoms with E-state index in [2.05, 4.69) is 21.2 Å². The number of amides is 1. The van der Waals surface area contributed by atoms with Crippen molar-refractivity contribution < 1.29 is 14.3 Å². The van der Waals surface area contributed by atoms with Gasteiger partial charge in [-0.15, -0.1) is 0 Å². The fraction of sp³-hybridized carbons (Fsp3) is 0.462. The number of nitrogens with one attached hydrogen (secondary N) is 1. The molecular formula is C13H18BrNO3. The van der Waals surface area contributed by atoms with Crippen LogP contribution in [-0.4, -0.2) is 37.6 Å². The van der Waals surface area contributed by atoms with E-state index in [1.807, 2.05) is 30.3 Å². The van der Waals surface area contributed by atoms with Crippen LogP contribution in [0.4, 0.5) is 0 Å². The molecular weight excluding hydrogens is 298 g/mol. The highest BCUT2D eigenvalue weighted by Gasteiger charge is 2.10. The lowest BCUT2D eigenvalue weighted by molar-refractivity contribution is -0.122. The van der Waals surface area contributed by atoms with Crippen molar-refractivity contribution in [2.45, 2.75) is 12.5 Å². The van der Waals surface area contributed by atoms with E-state index >= 15 is 0 Å². The summed E-state index contributed by atoms with van der Waals surface area (Å²) in [5, 5.41) is 3.54. The van der Waals surface area contributed by atoms with Crippen molar-refractivity contribution >= 4 is 21.8 Å². The third kappa shape index (κ3) is 6.02. The minimum Gasteiger partial charge on any atom is -0.493 e. The van der Waals surface area contributed by atoms with E-state index in [1.54, 1.807) is 7.11 Å².